The smallest absolute Gasteiger partial charge is 0.226 e. The molecule has 6 nitrogen and oxygen atoms in total. The Hall–Kier alpha value is -2.86. The molecule has 1 saturated heterocycles. The highest BCUT2D eigenvalue weighted by Crippen LogP contribution is 2.35. The average Bonchev–Trinajstić information content (AvgIpc) is 3.40. The average molecular weight is 393 g/mol. The lowest BCUT2D eigenvalue weighted by molar-refractivity contribution is -0.126. The van der Waals surface area contributed by atoms with Crippen molar-refractivity contribution in [3.05, 3.63) is 59.9 Å². The van der Waals surface area contributed by atoms with Gasteiger partial charge in [0.05, 0.1) is 25.3 Å². The number of nitrogens with one attached hydrogen (secondary N) is 1. The summed E-state index contributed by atoms with van der Waals surface area (Å²) in [6.07, 6.45) is 4.29. The van der Waals surface area contributed by atoms with E-state index >= 15 is 0 Å². The Kier molecular flexibility index (Phi) is 5.53. The molecule has 1 aromatic heterocycles. The van der Waals surface area contributed by atoms with E-state index in [1.807, 2.05) is 41.3 Å². The van der Waals surface area contributed by atoms with Crippen molar-refractivity contribution in [3.63, 3.8) is 0 Å². The van der Waals surface area contributed by atoms with Crippen LogP contribution in [0.3, 0.4) is 0 Å². The fourth-order valence-electron chi connectivity index (χ4n) is 3.80. The molecule has 1 amide bonds. The van der Waals surface area contributed by atoms with Crippen LogP contribution < -0.4 is 10.1 Å². The first-order valence-electron chi connectivity index (χ1n) is 10.0. The van der Waals surface area contributed by atoms with Gasteiger partial charge >= 0.3 is 0 Å². The van der Waals surface area contributed by atoms with Crippen molar-refractivity contribution in [2.75, 3.05) is 13.7 Å². The number of carbonyl (C=O) groups excluding carboxylic acids is 1. The van der Waals surface area contributed by atoms with Crippen LogP contribution in [0.2, 0.25) is 0 Å². The lowest BCUT2D eigenvalue weighted by atomic mass is 9.96. The highest BCUT2D eigenvalue weighted by Gasteiger charge is 2.36. The molecule has 3 aromatic rings. The number of aromatic nitrogens is 2. The molecule has 1 aliphatic rings. The number of nitrogens with zero attached hydrogens (tertiary/aromatic N) is 2. The van der Waals surface area contributed by atoms with Crippen molar-refractivity contribution in [1.29, 1.82) is 0 Å². The summed E-state index contributed by atoms with van der Waals surface area (Å²) >= 11 is 0. The molecule has 0 spiro atoms. The number of fused-ring (bicyclic) bond motifs is 1. The number of ether oxygens (including phenoxy) is 2. The van der Waals surface area contributed by atoms with E-state index in [9.17, 15) is 4.79 Å². The summed E-state index contributed by atoms with van der Waals surface area (Å²) < 4.78 is 13.0. The maximum Gasteiger partial charge on any atom is 0.226 e. The summed E-state index contributed by atoms with van der Waals surface area (Å²) in [5, 5.41) is 9.71. The Labute approximate surface area is 170 Å². The molecule has 6 heteroatoms. The van der Waals surface area contributed by atoms with Crippen LogP contribution >= 0.6 is 0 Å². The van der Waals surface area contributed by atoms with Crippen molar-refractivity contribution < 1.29 is 14.3 Å². The normalized spacial score (nSPS) is 19.0. The van der Waals surface area contributed by atoms with Crippen LogP contribution in [0.25, 0.3) is 10.8 Å². The molecule has 1 aliphatic heterocycles. The van der Waals surface area contributed by atoms with Crippen molar-refractivity contribution >= 4 is 16.7 Å². The first-order valence-corrected chi connectivity index (χ1v) is 10.0. The summed E-state index contributed by atoms with van der Waals surface area (Å²) in [6, 6.07) is 12.5. The van der Waals surface area contributed by atoms with E-state index in [1.165, 1.54) is 0 Å². The minimum Gasteiger partial charge on any atom is -0.497 e. The Morgan fingerprint density at radius 2 is 2.07 bits per heavy atom. The molecule has 0 bridgehead atoms. The number of carbonyl (C=O) groups is 1. The highest BCUT2D eigenvalue weighted by atomic mass is 16.5. The van der Waals surface area contributed by atoms with Gasteiger partial charge in [0.2, 0.25) is 5.91 Å². The van der Waals surface area contributed by atoms with Gasteiger partial charge < -0.3 is 14.8 Å². The first-order chi connectivity index (χ1) is 14.0. The maximum absolute atomic E-state index is 12.9. The van der Waals surface area contributed by atoms with E-state index < -0.39 is 0 Å². The number of hydrogen-bond donors (Lipinski definition) is 1. The maximum atomic E-state index is 12.9. The van der Waals surface area contributed by atoms with Gasteiger partial charge in [-0.05, 0) is 54.8 Å². The Morgan fingerprint density at radius 1 is 1.28 bits per heavy atom. The topological polar surface area (TPSA) is 65.4 Å². The van der Waals surface area contributed by atoms with E-state index in [-0.39, 0.29) is 24.0 Å². The van der Waals surface area contributed by atoms with E-state index in [0.29, 0.717) is 13.2 Å². The van der Waals surface area contributed by atoms with Gasteiger partial charge in [-0.25, -0.2) is 0 Å². The zero-order valence-electron chi connectivity index (χ0n) is 17.1. The fraction of sp³-hybridized carbons (Fsp3) is 0.391. The molecule has 0 unspecified atom stereocenters. The first kappa shape index (κ1) is 19.5. The number of benzene rings is 2. The minimum atomic E-state index is -0.230. The minimum absolute atomic E-state index is 0.0274. The predicted molar refractivity (Wildman–Crippen MR) is 112 cm³/mol. The molecule has 1 N–H and O–H groups in total. The van der Waals surface area contributed by atoms with Gasteiger partial charge in [-0.1, -0.05) is 18.2 Å². The van der Waals surface area contributed by atoms with Crippen LogP contribution in [0.15, 0.2) is 48.8 Å². The zero-order valence-corrected chi connectivity index (χ0v) is 17.1. The lowest BCUT2D eigenvalue weighted by Crippen LogP contribution is -2.31. The van der Waals surface area contributed by atoms with E-state index in [4.69, 9.17) is 9.47 Å². The van der Waals surface area contributed by atoms with E-state index in [2.05, 4.69) is 36.4 Å². The summed E-state index contributed by atoms with van der Waals surface area (Å²) in [5.41, 5.74) is 2.04. The van der Waals surface area contributed by atoms with Crippen molar-refractivity contribution in [2.24, 2.45) is 5.92 Å². The van der Waals surface area contributed by atoms with Gasteiger partial charge in [-0.2, -0.15) is 5.10 Å². The Bertz CT molecular complexity index is 1010. The molecule has 2 aromatic carbocycles. The third kappa shape index (κ3) is 4.12. The standard InChI is InChI=1S/C23H27N3O3/c1-15(2)26-14-19(13-25-26)22-21(8-9-29-22)23(27)24-12-16-4-5-18-11-20(28-3)7-6-17(18)10-16/h4-7,10-11,13-15,21-22H,8-9,12H2,1-3H3,(H,24,27)/t21-,22+/m1/s1. The van der Waals surface area contributed by atoms with Gasteiger partial charge in [0.15, 0.2) is 0 Å². The summed E-state index contributed by atoms with van der Waals surface area (Å²) in [4.78, 5) is 12.9. The predicted octanol–water partition coefficient (Wildman–Crippen LogP) is 4.02. The summed E-state index contributed by atoms with van der Waals surface area (Å²) in [6.45, 7) is 5.24. The van der Waals surface area contributed by atoms with Crippen LogP contribution in [0.5, 0.6) is 5.75 Å². The molecule has 2 heterocycles. The zero-order chi connectivity index (χ0) is 20.4. The molecule has 0 aliphatic carbocycles. The van der Waals surface area contributed by atoms with Gasteiger partial charge in [-0.15, -0.1) is 0 Å². The van der Waals surface area contributed by atoms with Crippen molar-refractivity contribution in [3.8, 4) is 5.75 Å². The molecule has 1 fully saturated rings. The monoisotopic (exact) mass is 393 g/mol. The Balaban J connectivity index is 1.42. The van der Waals surface area contributed by atoms with Crippen LogP contribution in [0.4, 0.5) is 0 Å². The number of rotatable bonds is 6. The Morgan fingerprint density at radius 3 is 2.83 bits per heavy atom. The number of methoxy groups -OCH3 is 1. The number of amides is 1. The van der Waals surface area contributed by atoms with Gasteiger partial charge in [0, 0.05) is 31.0 Å². The molecule has 4 rings (SSSR count). The van der Waals surface area contributed by atoms with Crippen LogP contribution in [0, 0.1) is 5.92 Å². The highest BCUT2D eigenvalue weighted by molar-refractivity contribution is 5.85. The van der Waals surface area contributed by atoms with Gasteiger partial charge in [0.25, 0.3) is 0 Å². The molecule has 0 radical (unpaired) electrons. The summed E-state index contributed by atoms with van der Waals surface area (Å²) in [5.74, 6) is 0.677. The van der Waals surface area contributed by atoms with Gasteiger partial charge in [-0.3, -0.25) is 9.48 Å². The molecule has 2 atom stereocenters. The molecular formula is C23H27N3O3. The fourth-order valence-corrected chi connectivity index (χ4v) is 3.80. The third-order valence-electron chi connectivity index (χ3n) is 5.49. The van der Waals surface area contributed by atoms with Crippen molar-refractivity contribution in [1.82, 2.24) is 15.1 Å². The number of hydrogen-bond acceptors (Lipinski definition) is 4. The second-order valence-corrected chi connectivity index (χ2v) is 7.80. The van der Waals surface area contributed by atoms with Crippen LogP contribution in [0.1, 0.15) is 43.5 Å². The van der Waals surface area contributed by atoms with Crippen molar-refractivity contribution in [2.45, 2.75) is 39.0 Å². The van der Waals surface area contributed by atoms with E-state index in [0.717, 1.165) is 34.1 Å². The second kappa shape index (κ2) is 8.25. The van der Waals surface area contributed by atoms with Crippen LogP contribution in [-0.4, -0.2) is 29.4 Å². The third-order valence-corrected chi connectivity index (χ3v) is 5.49. The van der Waals surface area contributed by atoms with Gasteiger partial charge in [0.1, 0.15) is 5.75 Å². The SMILES string of the molecule is COc1ccc2cc(CNC(=O)[C@@H]3CCO[C@H]3c3cnn(C(C)C)c3)ccc2c1. The molecule has 0 saturated carbocycles. The second-order valence-electron chi connectivity index (χ2n) is 7.80. The van der Waals surface area contributed by atoms with E-state index in [1.54, 1.807) is 7.11 Å². The summed E-state index contributed by atoms with van der Waals surface area (Å²) in [7, 11) is 1.67. The quantitative estimate of drug-likeness (QED) is 0.687. The largest absolute Gasteiger partial charge is 0.497 e. The van der Waals surface area contributed by atoms with Crippen LogP contribution in [-0.2, 0) is 16.1 Å². The lowest BCUT2D eigenvalue weighted by Gasteiger charge is -2.17. The molecular weight excluding hydrogens is 366 g/mol. The molecule has 152 valence electrons. The molecule has 29 heavy (non-hydrogen) atoms.